The van der Waals surface area contributed by atoms with Crippen LogP contribution in [-0.4, -0.2) is 12.6 Å². The molecule has 0 unspecified atom stereocenters. The standard InChI is InChI=1S/C9H7BrClFO2/c1-2-14-9(13)5-3-4-6(12)7(10)8(5)11/h3-4H,2H2,1H3. The van der Waals surface area contributed by atoms with Crippen molar-refractivity contribution in [1.29, 1.82) is 0 Å². The van der Waals surface area contributed by atoms with Crippen LogP contribution in [0.15, 0.2) is 16.6 Å². The summed E-state index contributed by atoms with van der Waals surface area (Å²) in [5.74, 6) is -1.07. The Morgan fingerprint density at radius 2 is 2.29 bits per heavy atom. The number of benzene rings is 1. The molecule has 1 aromatic carbocycles. The third-order valence-corrected chi connectivity index (χ3v) is 2.93. The Morgan fingerprint density at radius 1 is 1.64 bits per heavy atom. The van der Waals surface area contributed by atoms with Crippen LogP contribution in [0.1, 0.15) is 17.3 Å². The van der Waals surface area contributed by atoms with Gasteiger partial charge in [-0.3, -0.25) is 0 Å². The molecule has 0 amide bonds. The number of carbonyl (C=O) groups is 1. The van der Waals surface area contributed by atoms with Gasteiger partial charge in [0.25, 0.3) is 0 Å². The predicted molar refractivity (Wildman–Crippen MR) is 55.1 cm³/mol. The van der Waals surface area contributed by atoms with E-state index >= 15 is 0 Å². The number of hydrogen-bond acceptors (Lipinski definition) is 2. The second-order valence-corrected chi connectivity index (χ2v) is 3.61. The summed E-state index contributed by atoms with van der Waals surface area (Å²) in [6, 6.07) is 2.45. The highest BCUT2D eigenvalue weighted by molar-refractivity contribution is 9.10. The van der Waals surface area contributed by atoms with E-state index in [2.05, 4.69) is 15.9 Å². The Labute approximate surface area is 94.1 Å². The fourth-order valence-electron chi connectivity index (χ4n) is 0.892. The van der Waals surface area contributed by atoms with E-state index in [1.807, 2.05) is 0 Å². The molecule has 2 nitrogen and oxygen atoms in total. The van der Waals surface area contributed by atoms with E-state index in [9.17, 15) is 9.18 Å². The van der Waals surface area contributed by atoms with Gasteiger partial charge in [0.15, 0.2) is 0 Å². The highest BCUT2D eigenvalue weighted by Crippen LogP contribution is 2.29. The van der Waals surface area contributed by atoms with Crippen LogP contribution in [-0.2, 0) is 4.74 Å². The van der Waals surface area contributed by atoms with Gasteiger partial charge in [-0.25, -0.2) is 9.18 Å². The van der Waals surface area contributed by atoms with Gasteiger partial charge >= 0.3 is 5.97 Å². The van der Waals surface area contributed by atoms with Crippen molar-refractivity contribution in [3.05, 3.63) is 33.0 Å². The van der Waals surface area contributed by atoms with Crippen LogP contribution in [0.4, 0.5) is 4.39 Å². The van der Waals surface area contributed by atoms with E-state index < -0.39 is 11.8 Å². The Hall–Kier alpha value is -0.610. The van der Waals surface area contributed by atoms with E-state index in [1.54, 1.807) is 6.92 Å². The molecule has 5 heteroatoms. The van der Waals surface area contributed by atoms with E-state index in [1.165, 1.54) is 6.07 Å². The average Bonchev–Trinajstić information content (AvgIpc) is 2.15. The minimum Gasteiger partial charge on any atom is -0.462 e. The monoisotopic (exact) mass is 280 g/mol. The molecule has 0 bridgehead atoms. The molecule has 0 heterocycles. The maximum Gasteiger partial charge on any atom is 0.339 e. The van der Waals surface area contributed by atoms with Gasteiger partial charge in [0.2, 0.25) is 0 Å². The molecule has 0 radical (unpaired) electrons. The van der Waals surface area contributed by atoms with Gasteiger partial charge in [-0.1, -0.05) is 11.6 Å². The second-order valence-electron chi connectivity index (χ2n) is 2.44. The lowest BCUT2D eigenvalue weighted by atomic mass is 10.2. The summed E-state index contributed by atoms with van der Waals surface area (Å²) in [6.07, 6.45) is 0. The van der Waals surface area contributed by atoms with Crippen LogP contribution >= 0.6 is 27.5 Å². The van der Waals surface area contributed by atoms with Crippen LogP contribution in [0, 0.1) is 5.82 Å². The zero-order valence-corrected chi connectivity index (χ0v) is 9.65. The summed E-state index contributed by atoms with van der Waals surface area (Å²) in [5, 5.41) is 0.0310. The van der Waals surface area contributed by atoms with E-state index in [0.29, 0.717) is 0 Å². The largest absolute Gasteiger partial charge is 0.462 e. The summed E-state index contributed by atoms with van der Waals surface area (Å²) in [6.45, 7) is 1.94. The lowest BCUT2D eigenvalue weighted by Crippen LogP contribution is -2.05. The van der Waals surface area contributed by atoms with Crippen molar-refractivity contribution in [2.24, 2.45) is 0 Å². The van der Waals surface area contributed by atoms with Crippen molar-refractivity contribution in [2.45, 2.75) is 6.92 Å². The Balaban J connectivity index is 3.11. The summed E-state index contributed by atoms with van der Waals surface area (Å²) < 4.78 is 17.7. The molecule has 0 aliphatic heterocycles. The number of esters is 1. The maximum atomic E-state index is 12.9. The van der Waals surface area contributed by atoms with Gasteiger partial charge in [-0.05, 0) is 35.0 Å². The van der Waals surface area contributed by atoms with Crippen molar-refractivity contribution in [1.82, 2.24) is 0 Å². The van der Waals surface area contributed by atoms with Gasteiger partial charge in [0.05, 0.1) is 21.7 Å². The van der Waals surface area contributed by atoms with Crippen molar-refractivity contribution in [2.75, 3.05) is 6.61 Å². The van der Waals surface area contributed by atoms with Crippen LogP contribution < -0.4 is 0 Å². The topological polar surface area (TPSA) is 26.3 Å². The summed E-state index contributed by atoms with van der Waals surface area (Å²) in [4.78, 5) is 11.3. The van der Waals surface area contributed by atoms with E-state index in [0.717, 1.165) is 6.07 Å². The lowest BCUT2D eigenvalue weighted by molar-refractivity contribution is 0.0526. The highest BCUT2D eigenvalue weighted by atomic mass is 79.9. The first-order valence-electron chi connectivity index (χ1n) is 3.88. The molecule has 1 aromatic rings. The second kappa shape index (κ2) is 4.75. The first kappa shape index (κ1) is 11.5. The molecule has 0 saturated carbocycles. The molecule has 0 aliphatic carbocycles. The Morgan fingerprint density at radius 3 is 2.86 bits per heavy atom. The zero-order chi connectivity index (χ0) is 10.7. The predicted octanol–water partition coefficient (Wildman–Crippen LogP) is 3.42. The molecular formula is C9H7BrClFO2. The third kappa shape index (κ3) is 2.25. The minimum atomic E-state index is -0.557. The van der Waals surface area contributed by atoms with Crippen molar-refractivity contribution in [3.63, 3.8) is 0 Å². The molecule has 0 aromatic heterocycles. The van der Waals surface area contributed by atoms with Crippen LogP contribution in [0.2, 0.25) is 5.02 Å². The minimum absolute atomic E-state index is 0.0310. The quantitative estimate of drug-likeness (QED) is 0.613. The van der Waals surface area contributed by atoms with Crippen molar-refractivity contribution < 1.29 is 13.9 Å². The van der Waals surface area contributed by atoms with Gasteiger partial charge in [0, 0.05) is 0 Å². The summed E-state index contributed by atoms with van der Waals surface area (Å²) >= 11 is 8.68. The highest BCUT2D eigenvalue weighted by Gasteiger charge is 2.15. The van der Waals surface area contributed by atoms with Crippen molar-refractivity contribution >= 4 is 33.5 Å². The van der Waals surface area contributed by atoms with Gasteiger partial charge < -0.3 is 4.74 Å². The lowest BCUT2D eigenvalue weighted by Gasteiger charge is -2.05. The number of carbonyl (C=O) groups excluding carboxylic acids is 1. The van der Waals surface area contributed by atoms with Gasteiger partial charge in [-0.2, -0.15) is 0 Å². The smallest absolute Gasteiger partial charge is 0.339 e. The number of halogens is 3. The molecule has 1 rings (SSSR count). The number of ether oxygens (including phenoxy) is 1. The molecule has 0 saturated heterocycles. The molecule has 76 valence electrons. The summed E-state index contributed by atoms with van der Waals surface area (Å²) in [5.41, 5.74) is 0.154. The molecule has 0 aliphatic rings. The average molecular weight is 282 g/mol. The van der Waals surface area contributed by atoms with E-state index in [4.69, 9.17) is 16.3 Å². The summed E-state index contributed by atoms with van der Waals surface area (Å²) in [7, 11) is 0. The Bertz CT molecular complexity index is 368. The SMILES string of the molecule is CCOC(=O)c1ccc(F)c(Br)c1Cl. The number of hydrogen-bond donors (Lipinski definition) is 0. The molecular weight excluding hydrogens is 274 g/mol. The first-order valence-corrected chi connectivity index (χ1v) is 5.05. The van der Waals surface area contributed by atoms with Crippen LogP contribution in [0.5, 0.6) is 0 Å². The normalized spacial score (nSPS) is 10.0. The molecule has 0 N–H and O–H groups in total. The first-order chi connectivity index (χ1) is 6.57. The molecule has 0 fully saturated rings. The fraction of sp³-hybridized carbons (Fsp3) is 0.222. The Kier molecular flexibility index (Phi) is 3.89. The zero-order valence-electron chi connectivity index (χ0n) is 7.31. The maximum absolute atomic E-state index is 12.9. The van der Waals surface area contributed by atoms with Gasteiger partial charge in [-0.15, -0.1) is 0 Å². The number of rotatable bonds is 2. The van der Waals surface area contributed by atoms with Crippen molar-refractivity contribution in [3.8, 4) is 0 Å². The molecule has 0 atom stereocenters. The molecule has 0 spiro atoms. The van der Waals surface area contributed by atoms with E-state index in [-0.39, 0.29) is 21.7 Å². The molecule has 14 heavy (non-hydrogen) atoms. The van der Waals surface area contributed by atoms with Crippen LogP contribution in [0.25, 0.3) is 0 Å². The van der Waals surface area contributed by atoms with Crippen LogP contribution in [0.3, 0.4) is 0 Å². The van der Waals surface area contributed by atoms with Gasteiger partial charge in [0.1, 0.15) is 5.82 Å². The fourth-order valence-corrected chi connectivity index (χ4v) is 1.47. The third-order valence-electron chi connectivity index (χ3n) is 1.53.